The predicted octanol–water partition coefficient (Wildman–Crippen LogP) is 8.30. The molecule has 0 amide bonds. The van der Waals surface area contributed by atoms with Crippen molar-refractivity contribution in [1.29, 1.82) is 0 Å². The topological polar surface area (TPSA) is 80.6 Å². The molecule has 3 aromatic carbocycles. The summed E-state index contributed by atoms with van der Waals surface area (Å²) in [5, 5.41) is 1.79. The number of H-pyrrole nitrogens is 1. The molecule has 0 saturated heterocycles. The van der Waals surface area contributed by atoms with E-state index < -0.39 is 0 Å². The van der Waals surface area contributed by atoms with Gasteiger partial charge in [-0.1, -0.05) is 90.1 Å². The molecular formula is C34H26N4O2S3. The lowest BCUT2D eigenvalue weighted by molar-refractivity contribution is 0.820. The van der Waals surface area contributed by atoms with Gasteiger partial charge >= 0.3 is 0 Å². The Morgan fingerprint density at radius 3 is 2.16 bits per heavy atom. The van der Waals surface area contributed by atoms with Crippen molar-refractivity contribution < 1.29 is 0 Å². The lowest BCUT2D eigenvalue weighted by Gasteiger charge is -2.12. The third kappa shape index (κ3) is 4.93. The minimum absolute atomic E-state index is 0.108. The predicted molar refractivity (Wildman–Crippen MR) is 180 cm³/mol. The average molecular weight is 619 g/mol. The molecular weight excluding hydrogens is 593 g/mol. The summed E-state index contributed by atoms with van der Waals surface area (Å²) in [6.07, 6.45) is 0. The molecule has 0 fully saturated rings. The van der Waals surface area contributed by atoms with E-state index in [1.165, 1.54) is 40.0 Å². The summed E-state index contributed by atoms with van der Waals surface area (Å²) in [6, 6.07) is 27.9. The molecule has 4 heterocycles. The van der Waals surface area contributed by atoms with Gasteiger partial charge in [0.2, 0.25) is 0 Å². The first-order chi connectivity index (χ1) is 20.9. The quantitative estimate of drug-likeness (QED) is 0.150. The van der Waals surface area contributed by atoms with Gasteiger partial charge in [0.05, 0.1) is 22.2 Å². The second-order valence-electron chi connectivity index (χ2n) is 10.4. The summed E-state index contributed by atoms with van der Waals surface area (Å²) in [5.74, 6) is 0.892. The Morgan fingerprint density at radius 1 is 0.767 bits per heavy atom. The second-order valence-corrected chi connectivity index (χ2v) is 13.5. The number of aryl methyl sites for hydroxylation is 3. The van der Waals surface area contributed by atoms with Crippen LogP contribution in [0.5, 0.6) is 0 Å². The molecule has 212 valence electrons. The Labute approximate surface area is 259 Å². The van der Waals surface area contributed by atoms with Crippen LogP contribution in [0.2, 0.25) is 0 Å². The van der Waals surface area contributed by atoms with Gasteiger partial charge in [0.1, 0.15) is 15.5 Å². The Kier molecular flexibility index (Phi) is 7.09. The van der Waals surface area contributed by atoms with E-state index in [0.717, 1.165) is 37.7 Å². The molecule has 4 aromatic heterocycles. The zero-order chi connectivity index (χ0) is 29.7. The van der Waals surface area contributed by atoms with Crippen LogP contribution in [0.25, 0.3) is 47.7 Å². The molecule has 0 aliphatic rings. The van der Waals surface area contributed by atoms with Crippen molar-refractivity contribution in [2.45, 2.75) is 31.7 Å². The van der Waals surface area contributed by atoms with Crippen molar-refractivity contribution in [3.8, 4) is 27.3 Å². The maximum atomic E-state index is 14.1. The number of nitrogens with one attached hydrogen (secondary N) is 1. The second kappa shape index (κ2) is 11.1. The number of nitrogens with zero attached hydrogens (tertiary/aromatic N) is 3. The van der Waals surface area contributed by atoms with E-state index in [0.29, 0.717) is 37.2 Å². The number of fused-ring (bicyclic) bond motifs is 2. The van der Waals surface area contributed by atoms with Gasteiger partial charge in [-0.2, -0.15) is 0 Å². The highest BCUT2D eigenvalue weighted by Gasteiger charge is 2.21. The van der Waals surface area contributed by atoms with Gasteiger partial charge in [-0.05, 0) is 49.6 Å². The summed E-state index contributed by atoms with van der Waals surface area (Å²) in [5.41, 5.74) is 5.57. The minimum atomic E-state index is -0.161. The van der Waals surface area contributed by atoms with Gasteiger partial charge < -0.3 is 4.98 Å². The molecule has 43 heavy (non-hydrogen) atoms. The first-order valence-corrected chi connectivity index (χ1v) is 16.4. The molecule has 6 nitrogen and oxygen atoms in total. The lowest BCUT2D eigenvalue weighted by atomic mass is 10.0. The van der Waals surface area contributed by atoms with Gasteiger partial charge in [-0.25, -0.2) is 9.97 Å². The first kappa shape index (κ1) is 27.5. The Hall–Kier alpha value is -4.31. The number of hydrogen-bond donors (Lipinski definition) is 1. The molecule has 7 rings (SSSR count). The molecule has 0 aliphatic carbocycles. The fourth-order valence-electron chi connectivity index (χ4n) is 5.36. The van der Waals surface area contributed by atoms with Crippen molar-refractivity contribution >= 4 is 54.9 Å². The molecule has 0 unspecified atom stereocenters. The van der Waals surface area contributed by atoms with Crippen LogP contribution in [0.4, 0.5) is 0 Å². The van der Waals surface area contributed by atoms with Crippen LogP contribution in [0.15, 0.2) is 99.7 Å². The normalized spacial score (nSPS) is 11.5. The van der Waals surface area contributed by atoms with Gasteiger partial charge in [-0.3, -0.25) is 14.2 Å². The highest BCUT2D eigenvalue weighted by molar-refractivity contribution is 7.98. The SMILES string of the molecule is Cc1ccc(-c2c(C)sc3nc(CSc4nc5sc(-c6ccccc6)c(C)c5c(=O)n4-c4ccccc4)[nH]c(=O)c23)cc1. The number of aromatic amines is 1. The van der Waals surface area contributed by atoms with Crippen molar-refractivity contribution in [2.75, 3.05) is 0 Å². The fraction of sp³-hybridized carbons (Fsp3) is 0.118. The number of para-hydroxylation sites is 1. The largest absolute Gasteiger partial charge is 0.309 e. The summed E-state index contributed by atoms with van der Waals surface area (Å²) in [4.78, 5) is 43.9. The van der Waals surface area contributed by atoms with Crippen LogP contribution in [0, 0.1) is 20.8 Å². The third-order valence-corrected chi connectivity index (χ3v) is 10.6. The standard InChI is InChI=1S/C34H26N4O2S3/c1-19-14-16-22(17-15-19)27-21(3)42-32-28(27)30(39)35-25(36-32)18-41-34-37-31-26(33(40)38(34)24-12-8-5-9-13-24)20(2)29(43-31)23-10-6-4-7-11-23/h4-17H,18H2,1-3H3,(H,35,36,39). The smallest absolute Gasteiger partial charge is 0.267 e. The number of thiophene rings is 2. The van der Waals surface area contributed by atoms with Crippen molar-refractivity contribution in [3.63, 3.8) is 0 Å². The third-order valence-electron chi connectivity index (χ3n) is 7.45. The molecule has 0 aliphatic heterocycles. The van der Waals surface area contributed by atoms with E-state index in [4.69, 9.17) is 9.97 Å². The number of benzene rings is 3. The van der Waals surface area contributed by atoms with Gasteiger partial charge in [0, 0.05) is 15.3 Å². The van der Waals surface area contributed by atoms with Crippen LogP contribution in [-0.2, 0) is 5.75 Å². The van der Waals surface area contributed by atoms with Crippen molar-refractivity contribution in [2.24, 2.45) is 0 Å². The monoisotopic (exact) mass is 618 g/mol. The number of hydrogen-bond acceptors (Lipinski definition) is 7. The van der Waals surface area contributed by atoms with Crippen LogP contribution < -0.4 is 11.1 Å². The first-order valence-electron chi connectivity index (χ1n) is 13.8. The van der Waals surface area contributed by atoms with Crippen LogP contribution in [0.3, 0.4) is 0 Å². The van der Waals surface area contributed by atoms with Crippen molar-refractivity contribution in [1.82, 2.24) is 19.5 Å². The van der Waals surface area contributed by atoms with Gasteiger partial charge in [-0.15, -0.1) is 22.7 Å². The molecule has 7 aromatic rings. The Balaban J connectivity index is 1.31. The van der Waals surface area contributed by atoms with E-state index in [2.05, 4.69) is 29.2 Å². The van der Waals surface area contributed by atoms with Gasteiger partial charge in [0.15, 0.2) is 5.16 Å². The maximum absolute atomic E-state index is 14.1. The number of thioether (sulfide) groups is 1. The molecule has 9 heteroatoms. The Bertz CT molecular complexity index is 2250. The average Bonchev–Trinajstić information content (AvgIpc) is 3.53. The van der Waals surface area contributed by atoms with Gasteiger partial charge in [0.25, 0.3) is 11.1 Å². The summed E-state index contributed by atoms with van der Waals surface area (Å²) < 4.78 is 1.67. The fourth-order valence-corrected chi connectivity index (χ4v) is 8.54. The molecule has 0 bridgehead atoms. The molecule has 0 saturated carbocycles. The zero-order valence-electron chi connectivity index (χ0n) is 23.7. The van der Waals surface area contributed by atoms with E-state index in [-0.39, 0.29) is 11.1 Å². The number of aromatic nitrogens is 4. The zero-order valence-corrected chi connectivity index (χ0v) is 26.1. The van der Waals surface area contributed by atoms with E-state index in [9.17, 15) is 9.59 Å². The number of rotatable bonds is 6. The minimum Gasteiger partial charge on any atom is -0.309 e. The van der Waals surface area contributed by atoms with Crippen LogP contribution in [0.1, 0.15) is 21.8 Å². The highest BCUT2D eigenvalue weighted by atomic mass is 32.2. The summed E-state index contributed by atoms with van der Waals surface area (Å²) in [6.45, 7) is 6.07. The van der Waals surface area contributed by atoms with Crippen LogP contribution in [-0.4, -0.2) is 19.5 Å². The molecule has 0 spiro atoms. The molecule has 0 atom stereocenters. The summed E-state index contributed by atoms with van der Waals surface area (Å²) >= 11 is 4.45. The van der Waals surface area contributed by atoms with Crippen LogP contribution >= 0.6 is 34.4 Å². The van der Waals surface area contributed by atoms with Crippen molar-refractivity contribution in [3.05, 3.63) is 127 Å². The molecule has 0 radical (unpaired) electrons. The lowest BCUT2D eigenvalue weighted by Crippen LogP contribution is -2.21. The maximum Gasteiger partial charge on any atom is 0.267 e. The van der Waals surface area contributed by atoms with E-state index in [1.54, 1.807) is 4.57 Å². The van der Waals surface area contributed by atoms with E-state index in [1.807, 2.05) is 81.4 Å². The molecule has 1 N–H and O–H groups in total. The van der Waals surface area contributed by atoms with E-state index >= 15 is 0 Å². The highest BCUT2D eigenvalue weighted by Crippen LogP contribution is 2.38. The Morgan fingerprint density at radius 2 is 1.44 bits per heavy atom. The summed E-state index contributed by atoms with van der Waals surface area (Å²) in [7, 11) is 0.